The van der Waals surface area contributed by atoms with Crippen LogP contribution in [0.4, 0.5) is 11.5 Å². The van der Waals surface area contributed by atoms with Gasteiger partial charge in [-0.15, -0.1) is 0 Å². The predicted molar refractivity (Wildman–Crippen MR) is 99.9 cm³/mol. The Morgan fingerprint density at radius 3 is 2.48 bits per heavy atom. The second-order valence-corrected chi connectivity index (χ2v) is 6.68. The van der Waals surface area contributed by atoms with Crippen molar-refractivity contribution in [3.8, 4) is 0 Å². The van der Waals surface area contributed by atoms with Gasteiger partial charge in [-0.3, -0.25) is 9.78 Å². The lowest BCUT2D eigenvalue weighted by atomic mass is 9.91. The number of nitrogens with one attached hydrogen (secondary N) is 2. The van der Waals surface area contributed by atoms with Gasteiger partial charge in [-0.05, 0) is 49.9 Å². The van der Waals surface area contributed by atoms with Crippen LogP contribution in [0.1, 0.15) is 36.2 Å². The van der Waals surface area contributed by atoms with Crippen molar-refractivity contribution in [2.24, 2.45) is 0 Å². The van der Waals surface area contributed by atoms with Crippen molar-refractivity contribution in [2.75, 3.05) is 24.3 Å². The first-order valence-electron chi connectivity index (χ1n) is 8.73. The number of hydrogen-bond acceptors (Lipinski definition) is 5. The van der Waals surface area contributed by atoms with Gasteiger partial charge in [0.05, 0.1) is 0 Å². The first-order chi connectivity index (χ1) is 12.1. The van der Waals surface area contributed by atoms with Crippen LogP contribution in [0.2, 0.25) is 0 Å². The first-order valence-corrected chi connectivity index (χ1v) is 8.73. The van der Waals surface area contributed by atoms with Crippen LogP contribution in [0.5, 0.6) is 0 Å². The van der Waals surface area contributed by atoms with E-state index in [0.717, 1.165) is 37.2 Å². The van der Waals surface area contributed by atoms with Gasteiger partial charge in [0.1, 0.15) is 11.5 Å². The Kier molecular flexibility index (Phi) is 5.48. The van der Waals surface area contributed by atoms with Crippen LogP contribution in [-0.4, -0.2) is 42.1 Å². The number of aromatic nitrogens is 2. The second-order valence-electron chi connectivity index (χ2n) is 6.68. The minimum atomic E-state index is -0.0927. The zero-order valence-corrected chi connectivity index (χ0v) is 14.8. The van der Waals surface area contributed by atoms with Gasteiger partial charge in [0.25, 0.3) is 5.91 Å². The van der Waals surface area contributed by atoms with Gasteiger partial charge < -0.3 is 15.5 Å². The fourth-order valence-electron chi connectivity index (χ4n) is 3.12. The maximum atomic E-state index is 12.4. The molecule has 25 heavy (non-hydrogen) atoms. The third kappa shape index (κ3) is 4.68. The molecule has 2 aromatic rings. The molecule has 132 valence electrons. The van der Waals surface area contributed by atoms with Gasteiger partial charge in [-0.25, -0.2) is 4.98 Å². The molecule has 1 aliphatic carbocycles. The van der Waals surface area contributed by atoms with Gasteiger partial charge in [0.15, 0.2) is 0 Å². The Morgan fingerprint density at radius 2 is 1.80 bits per heavy atom. The quantitative estimate of drug-likeness (QED) is 0.876. The number of anilines is 2. The summed E-state index contributed by atoms with van der Waals surface area (Å²) in [6.45, 7) is 0. The molecule has 2 aromatic heterocycles. The number of pyridine rings is 2. The molecule has 1 fully saturated rings. The Hall–Kier alpha value is -2.63. The summed E-state index contributed by atoms with van der Waals surface area (Å²) in [4.78, 5) is 22.9. The molecule has 0 unspecified atom stereocenters. The topological polar surface area (TPSA) is 70.2 Å². The highest BCUT2D eigenvalue weighted by molar-refractivity contribution is 5.93. The number of carbonyl (C=O) groups excluding carboxylic acids is 1. The molecule has 2 N–H and O–H groups in total. The molecule has 0 saturated heterocycles. The van der Waals surface area contributed by atoms with Crippen LogP contribution < -0.4 is 15.5 Å². The van der Waals surface area contributed by atoms with E-state index in [0.29, 0.717) is 11.7 Å². The smallest absolute Gasteiger partial charge is 0.270 e. The Balaban J connectivity index is 1.50. The number of rotatable bonds is 5. The van der Waals surface area contributed by atoms with E-state index in [1.807, 2.05) is 49.3 Å². The van der Waals surface area contributed by atoms with E-state index in [4.69, 9.17) is 0 Å². The maximum absolute atomic E-state index is 12.4. The summed E-state index contributed by atoms with van der Waals surface area (Å²) in [6.07, 6.45) is 7.44. The third-order valence-corrected chi connectivity index (χ3v) is 4.57. The van der Waals surface area contributed by atoms with Crippen molar-refractivity contribution < 1.29 is 4.79 Å². The van der Waals surface area contributed by atoms with E-state index in [1.165, 1.54) is 0 Å². The first kappa shape index (κ1) is 17.2. The highest BCUT2D eigenvalue weighted by atomic mass is 16.1. The minimum Gasteiger partial charge on any atom is -0.378 e. The summed E-state index contributed by atoms with van der Waals surface area (Å²) in [6, 6.07) is 10.2. The summed E-state index contributed by atoms with van der Waals surface area (Å²) in [5, 5.41) is 6.59. The van der Waals surface area contributed by atoms with Gasteiger partial charge in [0.2, 0.25) is 0 Å². The number of amides is 1. The Bertz CT molecular complexity index is 696. The van der Waals surface area contributed by atoms with Crippen LogP contribution in [0.3, 0.4) is 0 Å². The SMILES string of the molecule is CN(C)c1ccnc(C(=O)NC2CCC(Nc3ccccn3)CC2)c1. The van der Waals surface area contributed by atoms with Crippen LogP contribution in [0.15, 0.2) is 42.7 Å². The van der Waals surface area contributed by atoms with Crippen molar-refractivity contribution in [2.45, 2.75) is 37.8 Å². The molecule has 2 heterocycles. The molecule has 0 radical (unpaired) electrons. The van der Waals surface area contributed by atoms with E-state index >= 15 is 0 Å². The van der Waals surface area contributed by atoms with Crippen LogP contribution >= 0.6 is 0 Å². The summed E-state index contributed by atoms with van der Waals surface area (Å²) < 4.78 is 0. The van der Waals surface area contributed by atoms with E-state index in [2.05, 4.69) is 20.6 Å². The Morgan fingerprint density at radius 1 is 1.04 bits per heavy atom. The van der Waals surface area contributed by atoms with Gasteiger partial charge in [-0.2, -0.15) is 0 Å². The lowest BCUT2D eigenvalue weighted by molar-refractivity contribution is 0.0921. The molecule has 0 atom stereocenters. The standard InChI is InChI=1S/C19H25N5O/c1-24(2)16-10-12-20-17(13-16)19(25)23-15-8-6-14(7-9-15)22-18-5-3-4-11-21-18/h3-5,10-15H,6-9H2,1-2H3,(H,21,22)(H,23,25). The number of carbonyl (C=O) groups is 1. The van der Waals surface area contributed by atoms with Gasteiger partial charge in [0, 0.05) is 44.3 Å². The zero-order chi connectivity index (χ0) is 17.6. The fourth-order valence-corrected chi connectivity index (χ4v) is 3.12. The van der Waals surface area contributed by atoms with Crippen molar-refractivity contribution in [1.29, 1.82) is 0 Å². The molecule has 6 nitrogen and oxygen atoms in total. The predicted octanol–water partition coefficient (Wildman–Crippen LogP) is 2.70. The zero-order valence-electron chi connectivity index (χ0n) is 14.8. The molecule has 6 heteroatoms. The third-order valence-electron chi connectivity index (χ3n) is 4.57. The second kappa shape index (κ2) is 7.96. The van der Waals surface area contributed by atoms with Crippen molar-refractivity contribution in [1.82, 2.24) is 15.3 Å². The molecule has 1 amide bonds. The van der Waals surface area contributed by atoms with E-state index in [1.54, 1.807) is 12.4 Å². The van der Waals surface area contributed by atoms with Crippen molar-refractivity contribution in [3.05, 3.63) is 48.4 Å². The van der Waals surface area contributed by atoms with E-state index < -0.39 is 0 Å². The average Bonchev–Trinajstić information content (AvgIpc) is 2.64. The van der Waals surface area contributed by atoms with Crippen molar-refractivity contribution >= 4 is 17.4 Å². The summed E-state index contributed by atoms with van der Waals surface area (Å²) in [7, 11) is 3.90. The number of hydrogen-bond donors (Lipinski definition) is 2. The molecular weight excluding hydrogens is 314 g/mol. The molecule has 0 spiro atoms. The Labute approximate surface area is 148 Å². The van der Waals surface area contributed by atoms with Gasteiger partial charge >= 0.3 is 0 Å². The van der Waals surface area contributed by atoms with Crippen LogP contribution in [0, 0.1) is 0 Å². The molecule has 1 aliphatic rings. The van der Waals surface area contributed by atoms with Crippen molar-refractivity contribution in [3.63, 3.8) is 0 Å². The van der Waals surface area contributed by atoms with E-state index in [9.17, 15) is 4.79 Å². The maximum Gasteiger partial charge on any atom is 0.270 e. The molecule has 0 aromatic carbocycles. The molecular formula is C19H25N5O. The molecule has 0 aliphatic heterocycles. The average molecular weight is 339 g/mol. The summed E-state index contributed by atoms with van der Waals surface area (Å²) in [5.74, 6) is 0.824. The molecule has 3 rings (SSSR count). The largest absolute Gasteiger partial charge is 0.378 e. The summed E-state index contributed by atoms with van der Waals surface area (Å²) >= 11 is 0. The van der Waals surface area contributed by atoms with Crippen LogP contribution in [0.25, 0.3) is 0 Å². The van der Waals surface area contributed by atoms with E-state index in [-0.39, 0.29) is 11.9 Å². The normalized spacial score (nSPS) is 19.9. The minimum absolute atomic E-state index is 0.0927. The highest BCUT2D eigenvalue weighted by Gasteiger charge is 2.23. The molecule has 1 saturated carbocycles. The lowest BCUT2D eigenvalue weighted by Gasteiger charge is -2.30. The van der Waals surface area contributed by atoms with Gasteiger partial charge in [-0.1, -0.05) is 6.07 Å². The fraction of sp³-hybridized carbons (Fsp3) is 0.421. The lowest BCUT2D eigenvalue weighted by Crippen LogP contribution is -2.40. The highest BCUT2D eigenvalue weighted by Crippen LogP contribution is 2.22. The van der Waals surface area contributed by atoms with Crippen LogP contribution in [-0.2, 0) is 0 Å². The number of nitrogens with zero attached hydrogens (tertiary/aromatic N) is 3. The monoisotopic (exact) mass is 339 g/mol. The molecule has 0 bridgehead atoms. The summed E-state index contributed by atoms with van der Waals surface area (Å²) in [5.41, 5.74) is 1.45.